The second kappa shape index (κ2) is 8.40. The highest BCUT2D eigenvalue weighted by atomic mass is 35.5. The molecule has 178 valence electrons. The molecule has 0 saturated carbocycles. The molecular formula is C26H27ClN2O5. The van der Waals surface area contributed by atoms with Crippen molar-refractivity contribution in [3.63, 3.8) is 0 Å². The number of carbonyl (C=O) groups is 3. The van der Waals surface area contributed by atoms with E-state index in [0.29, 0.717) is 23.7 Å². The Hall–Kier alpha value is -2.90. The fourth-order valence-electron chi connectivity index (χ4n) is 6.29. The number of carbonyl (C=O) groups excluding carboxylic acids is 3. The van der Waals surface area contributed by atoms with E-state index in [1.165, 1.54) is 19.1 Å². The Labute approximate surface area is 203 Å². The van der Waals surface area contributed by atoms with Gasteiger partial charge in [-0.25, -0.2) is 0 Å². The lowest BCUT2D eigenvalue weighted by Crippen LogP contribution is -2.59. The number of fused-ring (bicyclic) bond motifs is 3. The summed E-state index contributed by atoms with van der Waals surface area (Å²) in [7, 11) is 4.45. The number of piperidine rings is 1. The molecule has 7 nitrogen and oxygen atoms in total. The van der Waals surface area contributed by atoms with Gasteiger partial charge in [0.2, 0.25) is 11.8 Å². The maximum absolute atomic E-state index is 13.3. The van der Waals surface area contributed by atoms with E-state index < -0.39 is 29.4 Å². The monoisotopic (exact) mass is 482 g/mol. The van der Waals surface area contributed by atoms with Crippen LogP contribution in [0, 0.1) is 11.8 Å². The summed E-state index contributed by atoms with van der Waals surface area (Å²) in [6, 6.07) is 12.9. The van der Waals surface area contributed by atoms with E-state index in [0.717, 1.165) is 29.5 Å². The number of imide groups is 1. The molecule has 0 aromatic heterocycles. The summed E-state index contributed by atoms with van der Waals surface area (Å²) in [6.45, 7) is 0.607. The summed E-state index contributed by atoms with van der Waals surface area (Å²) in [5.74, 6) is -1.79. The molecule has 0 aliphatic carbocycles. The summed E-state index contributed by atoms with van der Waals surface area (Å²) >= 11 is 6.20. The molecule has 0 radical (unpaired) electrons. The van der Waals surface area contributed by atoms with Gasteiger partial charge in [-0.1, -0.05) is 35.9 Å². The smallest absolute Gasteiger partial charge is 0.327 e. The summed E-state index contributed by atoms with van der Waals surface area (Å²) < 4.78 is 11.0. The predicted octanol–water partition coefficient (Wildman–Crippen LogP) is 3.70. The second-order valence-electron chi connectivity index (χ2n) is 9.22. The van der Waals surface area contributed by atoms with Crippen molar-refractivity contribution in [3.8, 4) is 16.9 Å². The van der Waals surface area contributed by atoms with Crippen LogP contribution in [0.2, 0.25) is 5.02 Å². The van der Waals surface area contributed by atoms with Crippen molar-refractivity contribution in [1.82, 2.24) is 9.80 Å². The van der Waals surface area contributed by atoms with Crippen LogP contribution < -0.4 is 4.74 Å². The molecule has 8 heteroatoms. The molecule has 0 spiro atoms. The Bertz CT molecular complexity index is 1180. The van der Waals surface area contributed by atoms with Gasteiger partial charge in [-0.15, -0.1) is 0 Å². The van der Waals surface area contributed by atoms with Gasteiger partial charge in [-0.2, -0.15) is 0 Å². The van der Waals surface area contributed by atoms with E-state index in [1.54, 1.807) is 7.11 Å². The van der Waals surface area contributed by atoms with Gasteiger partial charge in [0.1, 0.15) is 11.3 Å². The quantitative estimate of drug-likeness (QED) is 0.488. The first-order valence-electron chi connectivity index (χ1n) is 11.5. The highest BCUT2D eigenvalue weighted by Crippen LogP contribution is 2.58. The van der Waals surface area contributed by atoms with Gasteiger partial charge in [-0.05, 0) is 55.1 Å². The minimum atomic E-state index is -1.14. The number of nitrogens with zero attached hydrogens (tertiary/aromatic N) is 2. The van der Waals surface area contributed by atoms with Gasteiger partial charge in [-0.3, -0.25) is 24.2 Å². The number of hydrogen-bond acceptors (Lipinski definition) is 6. The largest absolute Gasteiger partial charge is 0.496 e. The molecule has 3 heterocycles. The van der Waals surface area contributed by atoms with Gasteiger partial charge in [0, 0.05) is 23.7 Å². The Kier molecular flexibility index (Phi) is 5.65. The van der Waals surface area contributed by atoms with Gasteiger partial charge in [0.05, 0.1) is 26.1 Å². The molecule has 2 amide bonds. The number of likely N-dealkylation sites (tertiary alicyclic amines) is 1. The first-order chi connectivity index (χ1) is 16.3. The van der Waals surface area contributed by atoms with Crippen LogP contribution in [0.15, 0.2) is 42.5 Å². The van der Waals surface area contributed by atoms with E-state index in [1.807, 2.05) is 47.4 Å². The molecule has 0 bridgehead atoms. The lowest BCUT2D eigenvalue weighted by Gasteiger charge is -2.44. The number of rotatable bonds is 4. The number of methoxy groups -OCH3 is 2. The molecule has 2 aromatic rings. The van der Waals surface area contributed by atoms with Crippen LogP contribution in [0.25, 0.3) is 11.1 Å². The van der Waals surface area contributed by atoms with Crippen molar-refractivity contribution in [3.05, 3.63) is 53.1 Å². The fraction of sp³-hybridized carbons (Fsp3) is 0.423. The Morgan fingerprint density at radius 2 is 1.88 bits per heavy atom. The number of halogens is 1. The van der Waals surface area contributed by atoms with Crippen LogP contribution in [0.1, 0.15) is 30.9 Å². The summed E-state index contributed by atoms with van der Waals surface area (Å²) in [6.07, 6.45) is 2.16. The summed E-state index contributed by atoms with van der Waals surface area (Å²) in [5.41, 5.74) is 1.47. The average Bonchev–Trinajstić information content (AvgIpc) is 3.29. The van der Waals surface area contributed by atoms with Gasteiger partial charge in [0.25, 0.3) is 0 Å². The van der Waals surface area contributed by atoms with Crippen LogP contribution in [0.5, 0.6) is 5.75 Å². The first-order valence-corrected chi connectivity index (χ1v) is 11.8. The molecule has 3 saturated heterocycles. The summed E-state index contributed by atoms with van der Waals surface area (Å²) in [4.78, 5) is 43.1. The Morgan fingerprint density at radius 1 is 1.09 bits per heavy atom. The SMILES string of the molecule is COC(=O)[C@@]12CCCCN1[C@H](c1ccc(-c3cccc(Cl)c3)c(OC)c1)[C@@H]1C(=O)N(C)C(=O)[C@@H]12. The number of amides is 2. The second-order valence-corrected chi connectivity index (χ2v) is 9.66. The first kappa shape index (κ1) is 22.9. The molecule has 0 unspecified atom stereocenters. The lowest BCUT2D eigenvalue weighted by atomic mass is 9.75. The molecule has 2 aromatic carbocycles. The topological polar surface area (TPSA) is 76.2 Å². The van der Waals surface area contributed by atoms with Crippen molar-refractivity contribution in [2.45, 2.75) is 30.8 Å². The summed E-state index contributed by atoms with van der Waals surface area (Å²) in [5, 5.41) is 0.622. The minimum absolute atomic E-state index is 0.254. The zero-order valence-corrected chi connectivity index (χ0v) is 20.2. The number of hydrogen-bond donors (Lipinski definition) is 0. The zero-order chi connectivity index (χ0) is 24.2. The molecular weight excluding hydrogens is 456 g/mol. The zero-order valence-electron chi connectivity index (χ0n) is 19.4. The molecule has 34 heavy (non-hydrogen) atoms. The van der Waals surface area contributed by atoms with Gasteiger partial charge in [0.15, 0.2) is 0 Å². The average molecular weight is 483 g/mol. The fourth-order valence-corrected chi connectivity index (χ4v) is 6.48. The van der Waals surface area contributed by atoms with E-state index in [-0.39, 0.29) is 11.8 Å². The maximum atomic E-state index is 13.3. The lowest BCUT2D eigenvalue weighted by molar-refractivity contribution is -0.163. The minimum Gasteiger partial charge on any atom is -0.496 e. The normalized spacial score (nSPS) is 28.6. The van der Waals surface area contributed by atoms with Crippen molar-refractivity contribution >= 4 is 29.4 Å². The standard InChI is InChI=1S/C26H27ClN2O5/c1-28-23(30)20-21(24(28)31)26(25(32)34-3)11-4-5-12-29(26)22(20)16-9-10-18(19(14-16)33-2)15-7-6-8-17(27)13-15/h6-10,13-14,20-22H,4-5,11-12H2,1-3H3/t20-,21-,22-,26+/m1/s1. The van der Waals surface area contributed by atoms with E-state index in [9.17, 15) is 14.4 Å². The number of benzene rings is 2. The highest BCUT2D eigenvalue weighted by Gasteiger charge is 2.72. The molecule has 0 N–H and O–H groups in total. The van der Waals surface area contributed by atoms with Crippen LogP contribution in [0.4, 0.5) is 0 Å². The third kappa shape index (κ3) is 3.10. The molecule has 5 rings (SSSR count). The molecule has 3 aliphatic rings. The van der Waals surface area contributed by atoms with Crippen molar-refractivity contribution in [1.29, 1.82) is 0 Å². The highest BCUT2D eigenvalue weighted by molar-refractivity contribution is 6.30. The van der Waals surface area contributed by atoms with E-state index in [4.69, 9.17) is 21.1 Å². The number of ether oxygens (including phenoxy) is 2. The third-order valence-corrected chi connectivity index (χ3v) is 7.96. The molecule has 3 fully saturated rings. The van der Waals surface area contributed by atoms with Crippen molar-refractivity contribution in [2.75, 3.05) is 27.8 Å². The maximum Gasteiger partial charge on any atom is 0.327 e. The predicted molar refractivity (Wildman–Crippen MR) is 126 cm³/mol. The van der Waals surface area contributed by atoms with Crippen LogP contribution in [0.3, 0.4) is 0 Å². The van der Waals surface area contributed by atoms with Crippen LogP contribution >= 0.6 is 11.6 Å². The van der Waals surface area contributed by atoms with Crippen molar-refractivity contribution < 1.29 is 23.9 Å². The van der Waals surface area contributed by atoms with Crippen molar-refractivity contribution in [2.24, 2.45) is 11.8 Å². The van der Waals surface area contributed by atoms with Gasteiger partial charge >= 0.3 is 5.97 Å². The molecule has 3 aliphatic heterocycles. The van der Waals surface area contributed by atoms with E-state index in [2.05, 4.69) is 0 Å². The van der Waals surface area contributed by atoms with Crippen LogP contribution in [-0.2, 0) is 19.1 Å². The Balaban J connectivity index is 1.66. The van der Waals surface area contributed by atoms with Gasteiger partial charge < -0.3 is 9.47 Å². The van der Waals surface area contributed by atoms with E-state index >= 15 is 0 Å². The molecule has 4 atom stereocenters. The van der Waals surface area contributed by atoms with Crippen LogP contribution in [-0.4, -0.2) is 60.9 Å². The Morgan fingerprint density at radius 3 is 2.59 bits per heavy atom. The number of esters is 1. The third-order valence-electron chi connectivity index (χ3n) is 7.72.